The van der Waals surface area contributed by atoms with Gasteiger partial charge in [0, 0.05) is 11.7 Å². The molecule has 1 aliphatic rings. The molecule has 19 heavy (non-hydrogen) atoms. The molecule has 0 radical (unpaired) electrons. The van der Waals surface area contributed by atoms with Crippen LogP contribution in [0.3, 0.4) is 0 Å². The molecule has 2 N–H and O–H groups in total. The molecule has 1 aromatic carbocycles. The zero-order valence-corrected chi connectivity index (χ0v) is 10.9. The Bertz CT molecular complexity index is 452. The largest absolute Gasteiger partial charge is 0.462 e. The van der Waals surface area contributed by atoms with Gasteiger partial charge in [-0.15, -0.1) is 0 Å². The first kappa shape index (κ1) is 13.4. The third-order valence-electron chi connectivity index (χ3n) is 2.79. The van der Waals surface area contributed by atoms with Crippen LogP contribution in [0.15, 0.2) is 24.3 Å². The predicted molar refractivity (Wildman–Crippen MR) is 72.1 cm³/mol. The third-order valence-corrected chi connectivity index (χ3v) is 2.79. The smallest absolute Gasteiger partial charge is 0.338 e. The molecule has 1 amide bonds. The summed E-state index contributed by atoms with van der Waals surface area (Å²) in [4.78, 5) is 22.9. The van der Waals surface area contributed by atoms with Gasteiger partial charge in [-0.1, -0.05) is 0 Å². The summed E-state index contributed by atoms with van der Waals surface area (Å²) in [5, 5.41) is 5.91. The van der Waals surface area contributed by atoms with Gasteiger partial charge in [0.15, 0.2) is 0 Å². The summed E-state index contributed by atoms with van der Waals surface area (Å²) < 4.78 is 4.89. The number of hydrogen-bond donors (Lipinski definition) is 2. The summed E-state index contributed by atoms with van der Waals surface area (Å²) >= 11 is 0. The van der Waals surface area contributed by atoms with Crippen LogP contribution in [0.2, 0.25) is 0 Å². The molecule has 1 aromatic rings. The Morgan fingerprint density at radius 1 is 1.26 bits per heavy atom. The lowest BCUT2D eigenvalue weighted by Crippen LogP contribution is -2.31. The maximum atomic E-state index is 11.5. The van der Waals surface area contributed by atoms with Gasteiger partial charge in [-0.25, -0.2) is 4.79 Å². The van der Waals surface area contributed by atoms with Crippen molar-refractivity contribution in [2.75, 3.05) is 18.5 Å². The highest BCUT2D eigenvalue weighted by molar-refractivity contribution is 5.90. The van der Waals surface area contributed by atoms with Gasteiger partial charge in [0.25, 0.3) is 0 Å². The summed E-state index contributed by atoms with van der Waals surface area (Å²) in [6.07, 6.45) is 2.17. The van der Waals surface area contributed by atoms with Gasteiger partial charge in [0.2, 0.25) is 5.91 Å². The van der Waals surface area contributed by atoms with Crippen molar-refractivity contribution in [3.63, 3.8) is 0 Å². The lowest BCUT2D eigenvalue weighted by Gasteiger charge is -2.07. The highest BCUT2D eigenvalue weighted by Gasteiger charge is 2.22. The van der Waals surface area contributed by atoms with Crippen LogP contribution in [0.4, 0.5) is 5.69 Å². The molecule has 1 fully saturated rings. The van der Waals surface area contributed by atoms with E-state index in [-0.39, 0.29) is 18.4 Å². The molecule has 5 nitrogen and oxygen atoms in total. The van der Waals surface area contributed by atoms with Gasteiger partial charge < -0.3 is 15.4 Å². The highest BCUT2D eigenvalue weighted by atomic mass is 16.5. The van der Waals surface area contributed by atoms with Crippen LogP contribution >= 0.6 is 0 Å². The Morgan fingerprint density at radius 3 is 2.53 bits per heavy atom. The fourth-order valence-corrected chi connectivity index (χ4v) is 1.63. The van der Waals surface area contributed by atoms with Crippen LogP contribution in [0, 0.1) is 0 Å². The van der Waals surface area contributed by atoms with Crippen LogP contribution in [-0.4, -0.2) is 31.1 Å². The van der Waals surface area contributed by atoms with E-state index >= 15 is 0 Å². The molecule has 1 aliphatic carbocycles. The van der Waals surface area contributed by atoms with Crippen LogP contribution < -0.4 is 10.6 Å². The second-order valence-electron chi connectivity index (χ2n) is 4.49. The average Bonchev–Trinajstić information content (AvgIpc) is 3.21. The Hall–Kier alpha value is -2.04. The molecular weight excluding hydrogens is 244 g/mol. The monoisotopic (exact) mass is 262 g/mol. The molecule has 0 heterocycles. The molecule has 0 atom stereocenters. The van der Waals surface area contributed by atoms with E-state index in [0.29, 0.717) is 18.2 Å². The number of hydrogen-bond acceptors (Lipinski definition) is 4. The van der Waals surface area contributed by atoms with Gasteiger partial charge in [-0.05, 0) is 44.0 Å². The Morgan fingerprint density at radius 2 is 1.95 bits per heavy atom. The van der Waals surface area contributed by atoms with Crippen LogP contribution in [0.25, 0.3) is 0 Å². The third kappa shape index (κ3) is 4.28. The van der Waals surface area contributed by atoms with Gasteiger partial charge >= 0.3 is 5.97 Å². The first-order valence-electron chi connectivity index (χ1n) is 6.49. The van der Waals surface area contributed by atoms with Crippen molar-refractivity contribution in [1.82, 2.24) is 5.32 Å². The number of carbonyl (C=O) groups excluding carboxylic acids is 2. The Kier molecular flexibility index (Phi) is 4.39. The lowest BCUT2D eigenvalue weighted by atomic mass is 10.2. The second kappa shape index (κ2) is 6.22. The summed E-state index contributed by atoms with van der Waals surface area (Å²) in [7, 11) is 0. The van der Waals surface area contributed by atoms with Crippen molar-refractivity contribution in [3.8, 4) is 0 Å². The number of ether oxygens (including phenoxy) is 1. The molecule has 2 rings (SSSR count). The van der Waals surface area contributed by atoms with Gasteiger partial charge in [-0.3, -0.25) is 4.79 Å². The number of anilines is 1. The molecule has 0 saturated heterocycles. The van der Waals surface area contributed by atoms with Crippen LogP contribution in [-0.2, 0) is 9.53 Å². The van der Waals surface area contributed by atoms with E-state index in [1.54, 1.807) is 31.2 Å². The molecule has 1 saturated carbocycles. The molecular formula is C14H18N2O3. The summed E-state index contributed by atoms with van der Waals surface area (Å²) in [6.45, 7) is 2.38. The summed E-state index contributed by atoms with van der Waals surface area (Å²) in [5.74, 6) is -0.336. The molecule has 0 aromatic heterocycles. The van der Waals surface area contributed by atoms with Gasteiger partial charge in [0.05, 0.1) is 18.7 Å². The first-order valence-corrected chi connectivity index (χ1v) is 6.49. The Labute approximate surface area is 112 Å². The van der Waals surface area contributed by atoms with Gasteiger partial charge in [0.1, 0.15) is 0 Å². The minimum absolute atomic E-state index is 0.00281. The number of rotatable bonds is 6. The van der Waals surface area contributed by atoms with Crippen molar-refractivity contribution < 1.29 is 14.3 Å². The fourth-order valence-electron chi connectivity index (χ4n) is 1.63. The van der Waals surface area contributed by atoms with E-state index in [1.165, 1.54) is 0 Å². The SMILES string of the molecule is CCOC(=O)c1ccc(NCC(=O)NC2CC2)cc1. The van der Waals surface area contributed by atoms with Crippen LogP contribution in [0.5, 0.6) is 0 Å². The van der Waals surface area contributed by atoms with E-state index in [1.807, 2.05) is 0 Å². The van der Waals surface area contributed by atoms with Crippen molar-refractivity contribution in [3.05, 3.63) is 29.8 Å². The Balaban J connectivity index is 1.80. The summed E-state index contributed by atoms with van der Waals surface area (Å²) in [5.41, 5.74) is 1.31. The molecule has 0 spiro atoms. The molecule has 102 valence electrons. The normalized spacial score (nSPS) is 13.7. The van der Waals surface area contributed by atoms with E-state index in [9.17, 15) is 9.59 Å². The zero-order chi connectivity index (χ0) is 13.7. The van der Waals surface area contributed by atoms with E-state index in [4.69, 9.17) is 4.74 Å². The minimum atomic E-state index is -0.333. The number of benzene rings is 1. The van der Waals surface area contributed by atoms with E-state index in [2.05, 4.69) is 10.6 Å². The van der Waals surface area contributed by atoms with Crippen molar-refractivity contribution in [2.45, 2.75) is 25.8 Å². The molecule has 5 heteroatoms. The molecule has 0 aliphatic heterocycles. The summed E-state index contributed by atoms with van der Waals surface area (Å²) in [6, 6.07) is 7.26. The topological polar surface area (TPSA) is 67.4 Å². The van der Waals surface area contributed by atoms with E-state index in [0.717, 1.165) is 18.5 Å². The number of carbonyl (C=O) groups is 2. The van der Waals surface area contributed by atoms with Crippen LogP contribution in [0.1, 0.15) is 30.1 Å². The number of esters is 1. The van der Waals surface area contributed by atoms with Crippen molar-refractivity contribution in [1.29, 1.82) is 0 Å². The van der Waals surface area contributed by atoms with E-state index < -0.39 is 0 Å². The number of nitrogens with one attached hydrogen (secondary N) is 2. The maximum absolute atomic E-state index is 11.5. The minimum Gasteiger partial charge on any atom is -0.462 e. The first-order chi connectivity index (χ1) is 9.19. The van der Waals surface area contributed by atoms with Crippen molar-refractivity contribution >= 4 is 17.6 Å². The quantitative estimate of drug-likeness (QED) is 0.763. The average molecular weight is 262 g/mol. The molecule has 0 bridgehead atoms. The zero-order valence-electron chi connectivity index (χ0n) is 10.9. The second-order valence-corrected chi connectivity index (χ2v) is 4.49. The maximum Gasteiger partial charge on any atom is 0.338 e. The predicted octanol–water partition coefficient (Wildman–Crippen LogP) is 1.55. The number of amides is 1. The highest BCUT2D eigenvalue weighted by Crippen LogP contribution is 2.18. The standard InChI is InChI=1S/C14H18N2O3/c1-2-19-14(18)10-3-5-11(6-4-10)15-9-13(17)16-12-7-8-12/h3-6,12,15H,2,7-9H2,1H3,(H,16,17). The van der Waals surface area contributed by atoms with Crippen molar-refractivity contribution in [2.24, 2.45) is 0 Å². The van der Waals surface area contributed by atoms with Gasteiger partial charge in [-0.2, -0.15) is 0 Å². The lowest BCUT2D eigenvalue weighted by molar-refractivity contribution is -0.119. The fraction of sp³-hybridized carbons (Fsp3) is 0.429. The molecule has 0 unspecified atom stereocenters.